The van der Waals surface area contributed by atoms with Crippen LogP contribution in [0.2, 0.25) is 0 Å². The van der Waals surface area contributed by atoms with Gasteiger partial charge in [-0.3, -0.25) is 0 Å². The summed E-state index contributed by atoms with van der Waals surface area (Å²) in [5, 5.41) is 3.41. The molecule has 0 spiro atoms. The summed E-state index contributed by atoms with van der Waals surface area (Å²) in [6.45, 7) is 7.02. The molecule has 80 valence electrons. The summed E-state index contributed by atoms with van der Waals surface area (Å²) in [6.07, 6.45) is 2.51. The zero-order valence-corrected chi connectivity index (χ0v) is 9.73. The second-order valence-corrected chi connectivity index (χ2v) is 4.41. The molecule has 0 saturated carbocycles. The second-order valence-electron chi connectivity index (χ2n) is 3.79. The predicted octanol–water partition coefficient (Wildman–Crippen LogP) is 2.27. The molecule has 0 rings (SSSR count). The summed E-state index contributed by atoms with van der Waals surface area (Å²) in [4.78, 5) is 0. The van der Waals surface area contributed by atoms with E-state index in [1.165, 1.54) is 12.8 Å². The van der Waals surface area contributed by atoms with Crippen LogP contribution in [0.25, 0.3) is 0 Å². The maximum atomic E-state index is 5.93. The Balaban J connectivity index is 3.06. The highest BCUT2D eigenvalue weighted by atomic mass is 35.5. The van der Waals surface area contributed by atoms with Gasteiger partial charge in [-0.25, -0.2) is 0 Å². The molecule has 0 radical (unpaired) electrons. The first-order valence-electron chi connectivity index (χ1n) is 5.00. The number of halogens is 1. The van der Waals surface area contributed by atoms with E-state index in [9.17, 15) is 0 Å². The average Bonchev–Trinajstić information content (AvgIpc) is 2.03. The Bertz CT molecular complexity index is 109. The van der Waals surface area contributed by atoms with Crippen LogP contribution in [0.1, 0.15) is 26.7 Å². The molecule has 0 fully saturated rings. The minimum absolute atomic E-state index is 0.101. The number of hydrogen-bond acceptors (Lipinski definition) is 2. The van der Waals surface area contributed by atoms with E-state index >= 15 is 0 Å². The molecule has 1 N–H and O–H groups in total. The van der Waals surface area contributed by atoms with Crippen LogP contribution in [0, 0.1) is 5.92 Å². The molecule has 0 aromatic carbocycles. The third-order valence-electron chi connectivity index (χ3n) is 1.85. The number of ether oxygens (including phenoxy) is 1. The molecule has 0 amide bonds. The van der Waals surface area contributed by atoms with Gasteiger partial charge in [-0.1, -0.05) is 13.8 Å². The van der Waals surface area contributed by atoms with Crippen molar-refractivity contribution < 1.29 is 4.74 Å². The fourth-order valence-corrected chi connectivity index (χ4v) is 1.37. The van der Waals surface area contributed by atoms with Crippen LogP contribution in [-0.4, -0.2) is 32.2 Å². The zero-order valence-electron chi connectivity index (χ0n) is 8.98. The van der Waals surface area contributed by atoms with E-state index in [0.29, 0.717) is 6.61 Å². The van der Waals surface area contributed by atoms with Gasteiger partial charge in [0.05, 0.1) is 12.0 Å². The van der Waals surface area contributed by atoms with Crippen molar-refractivity contribution in [1.29, 1.82) is 0 Å². The Labute approximate surface area is 87.0 Å². The molecule has 1 unspecified atom stereocenters. The first-order chi connectivity index (χ1) is 6.16. The van der Waals surface area contributed by atoms with Gasteiger partial charge in [-0.2, -0.15) is 0 Å². The maximum Gasteiger partial charge on any atom is 0.0693 e. The highest BCUT2D eigenvalue weighted by molar-refractivity contribution is 6.20. The van der Waals surface area contributed by atoms with Crippen LogP contribution >= 0.6 is 11.6 Å². The molecule has 0 heterocycles. The zero-order chi connectivity index (χ0) is 10.1. The molecule has 0 saturated heterocycles. The van der Waals surface area contributed by atoms with E-state index in [2.05, 4.69) is 19.2 Å². The van der Waals surface area contributed by atoms with E-state index in [4.69, 9.17) is 16.3 Å². The molecule has 13 heavy (non-hydrogen) atoms. The molecule has 0 aliphatic carbocycles. The Kier molecular flexibility index (Phi) is 8.93. The Morgan fingerprint density at radius 1 is 1.38 bits per heavy atom. The molecular formula is C10H22ClNO. The van der Waals surface area contributed by atoms with E-state index in [1.54, 1.807) is 7.11 Å². The fraction of sp³-hybridized carbons (Fsp3) is 1.00. The first-order valence-corrected chi connectivity index (χ1v) is 5.44. The van der Waals surface area contributed by atoms with Crippen LogP contribution in [-0.2, 0) is 4.74 Å². The topological polar surface area (TPSA) is 21.3 Å². The van der Waals surface area contributed by atoms with Gasteiger partial charge in [-0.05, 0) is 25.3 Å². The molecule has 0 aliphatic heterocycles. The van der Waals surface area contributed by atoms with Crippen LogP contribution in [0.3, 0.4) is 0 Å². The van der Waals surface area contributed by atoms with Gasteiger partial charge >= 0.3 is 0 Å². The van der Waals surface area contributed by atoms with E-state index in [1.807, 2.05) is 0 Å². The molecular weight excluding hydrogens is 186 g/mol. The average molecular weight is 208 g/mol. The Morgan fingerprint density at radius 2 is 2.08 bits per heavy atom. The Hall–Kier alpha value is 0.210. The van der Waals surface area contributed by atoms with Crippen LogP contribution in [0.15, 0.2) is 0 Å². The van der Waals surface area contributed by atoms with Gasteiger partial charge in [0, 0.05) is 13.7 Å². The lowest BCUT2D eigenvalue weighted by molar-refractivity contribution is 0.197. The minimum atomic E-state index is 0.101. The van der Waals surface area contributed by atoms with Gasteiger partial charge < -0.3 is 10.1 Å². The van der Waals surface area contributed by atoms with Crippen molar-refractivity contribution in [2.75, 3.05) is 26.8 Å². The van der Waals surface area contributed by atoms with Crippen molar-refractivity contribution in [1.82, 2.24) is 5.32 Å². The van der Waals surface area contributed by atoms with Crippen molar-refractivity contribution in [3.63, 3.8) is 0 Å². The summed E-state index contributed by atoms with van der Waals surface area (Å²) in [6, 6.07) is 0. The Morgan fingerprint density at radius 3 is 2.62 bits per heavy atom. The minimum Gasteiger partial charge on any atom is -0.383 e. The van der Waals surface area contributed by atoms with E-state index in [-0.39, 0.29) is 5.38 Å². The number of methoxy groups -OCH3 is 1. The predicted molar refractivity (Wildman–Crippen MR) is 58.5 cm³/mol. The SMILES string of the molecule is COCC(Cl)CNCCCC(C)C. The van der Waals surface area contributed by atoms with Gasteiger partial charge in [0.15, 0.2) is 0 Å². The number of nitrogens with one attached hydrogen (secondary N) is 1. The summed E-state index contributed by atoms with van der Waals surface area (Å²) < 4.78 is 4.93. The van der Waals surface area contributed by atoms with Crippen LogP contribution in [0.5, 0.6) is 0 Å². The third kappa shape index (κ3) is 10.1. The lowest BCUT2D eigenvalue weighted by Gasteiger charge is -2.10. The maximum absolute atomic E-state index is 5.93. The monoisotopic (exact) mass is 207 g/mol. The van der Waals surface area contributed by atoms with Crippen molar-refractivity contribution in [2.45, 2.75) is 32.1 Å². The van der Waals surface area contributed by atoms with Gasteiger partial charge in [0.25, 0.3) is 0 Å². The summed E-state index contributed by atoms with van der Waals surface area (Å²) in [5.41, 5.74) is 0. The molecule has 0 aromatic rings. The molecule has 0 aromatic heterocycles. The molecule has 3 heteroatoms. The fourth-order valence-electron chi connectivity index (χ4n) is 1.13. The van der Waals surface area contributed by atoms with Crippen LogP contribution < -0.4 is 5.32 Å². The van der Waals surface area contributed by atoms with E-state index < -0.39 is 0 Å². The van der Waals surface area contributed by atoms with Gasteiger partial charge in [0.2, 0.25) is 0 Å². The van der Waals surface area contributed by atoms with Crippen LogP contribution in [0.4, 0.5) is 0 Å². The first kappa shape index (κ1) is 13.2. The summed E-state index contributed by atoms with van der Waals surface area (Å²) in [7, 11) is 1.67. The molecule has 0 aliphatic rings. The lowest BCUT2D eigenvalue weighted by Crippen LogP contribution is -2.27. The molecule has 2 nitrogen and oxygen atoms in total. The van der Waals surface area contributed by atoms with Crippen molar-refractivity contribution in [3.05, 3.63) is 0 Å². The second kappa shape index (κ2) is 8.79. The lowest BCUT2D eigenvalue weighted by atomic mass is 10.1. The van der Waals surface area contributed by atoms with Crippen molar-refractivity contribution >= 4 is 11.6 Å². The smallest absolute Gasteiger partial charge is 0.0693 e. The highest BCUT2D eigenvalue weighted by Crippen LogP contribution is 2.02. The quantitative estimate of drug-likeness (QED) is 0.487. The molecule has 0 bridgehead atoms. The molecule has 1 atom stereocenters. The third-order valence-corrected chi connectivity index (χ3v) is 2.13. The van der Waals surface area contributed by atoms with Gasteiger partial charge in [-0.15, -0.1) is 11.6 Å². The largest absolute Gasteiger partial charge is 0.383 e. The summed E-state index contributed by atoms with van der Waals surface area (Å²) >= 11 is 5.93. The summed E-state index contributed by atoms with van der Waals surface area (Å²) in [5.74, 6) is 0.799. The highest BCUT2D eigenvalue weighted by Gasteiger charge is 2.02. The normalized spacial score (nSPS) is 13.6. The van der Waals surface area contributed by atoms with Gasteiger partial charge in [0.1, 0.15) is 0 Å². The number of rotatable bonds is 8. The van der Waals surface area contributed by atoms with Crippen molar-refractivity contribution in [2.24, 2.45) is 5.92 Å². The number of alkyl halides is 1. The standard InChI is InChI=1S/C10H22ClNO/c1-9(2)5-4-6-12-7-10(11)8-13-3/h9-10,12H,4-8H2,1-3H3. The number of hydrogen-bond donors (Lipinski definition) is 1. The van der Waals surface area contributed by atoms with E-state index in [0.717, 1.165) is 19.0 Å². The van der Waals surface area contributed by atoms with Crippen molar-refractivity contribution in [3.8, 4) is 0 Å².